The summed E-state index contributed by atoms with van der Waals surface area (Å²) in [5.74, 6) is -0.358. The number of nitrogens with one attached hydrogen (secondary N) is 3. The third-order valence-electron chi connectivity index (χ3n) is 2.41. The lowest BCUT2D eigenvalue weighted by atomic mass is 10.3. The van der Waals surface area contributed by atoms with Gasteiger partial charge in [-0.3, -0.25) is 10.1 Å². The molecule has 126 valence electrons. The third kappa shape index (κ3) is 7.45. The minimum absolute atomic E-state index is 0.0836. The zero-order valence-electron chi connectivity index (χ0n) is 12.4. The van der Waals surface area contributed by atoms with Gasteiger partial charge in [0.25, 0.3) is 0 Å². The number of hydrazone groups is 1. The molecule has 0 unspecified atom stereocenters. The average molecular weight is 327 g/mol. The Morgan fingerprint density at radius 1 is 1.39 bits per heavy atom. The van der Waals surface area contributed by atoms with Crippen molar-refractivity contribution >= 4 is 24.2 Å². The quantitative estimate of drug-likeness (QED) is 0.300. The normalized spacial score (nSPS) is 10.3. The number of nitrogens with zero attached hydrogens (tertiary/aromatic N) is 2. The van der Waals surface area contributed by atoms with Crippen molar-refractivity contribution in [1.82, 2.24) is 16.3 Å². The molecule has 0 spiro atoms. The largest absolute Gasteiger partial charge is 0.448 e. The number of hydrogen-bond donors (Lipinski definition) is 3. The molecule has 1 aromatic rings. The topological polar surface area (TPSA) is 148 Å². The Balaban J connectivity index is 2.21. The van der Waals surface area contributed by atoms with Crippen molar-refractivity contribution in [2.45, 2.75) is 26.2 Å². The molecule has 0 radical (unpaired) electrons. The van der Waals surface area contributed by atoms with Gasteiger partial charge in [-0.05, 0) is 12.5 Å². The first kappa shape index (κ1) is 17.9. The number of amides is 3. The number of carbonyl (C=O) groups is 2. The average Bonchev–Trinajstić information content (AvgIpc) is 2.99. The van der Waals surface area contributed by atoms with Crippen LogP contribution in [0.1, 0.15) is 31.9 Å². The van der Waals surface area contributed by atoms with Crippen LogP contribution in [0.2, 0.25) is 0 Å². The zero-order valence-corrected chi connectivity index (χ0v) is 12.4. The fraction of sp³-hybridized carbons (Fsp3) is 0.417. The highest BCUT2D eigenvalue weighted by Crippen LogP contribution is 2.13. The standard InChI is InChI=1S/C12H17N5O6/c1-2-3-4-7-22-12(19)16-15-11(18)14-13-8-9-5-6-10(23-9)17(20)21/h5-6,8H,2-4,7H2,1H3,(H,16,19)(H2,14,15,18)/b13-8+. The Morgan fingerprint density at radius 2 is 2.17 bits per heavy atom. The lowest BCUT2D eigenvalue weighted by molar-refractivity contribution is -0.402. The molecule has 11 nitrogen and oxygen atoms in total. The van der Waals surface area contributed by atoms with E-state index in [1.807, 2.05) is 23.2 Å². The van der Waals surface area contributed by atoms with Gasteiger partial charge >= 0.3 is 18.0 Å². The molecule has 0 aromatic carbocycles. The molecule has 0 aliphatic heterocycles. The number of furan rings is 1. The molecule has 0 atom stereocenters. The van der Waals surface area contributed by atoms with Gasteiger partial charge in [0.2, 0.25) is 0 Å². The van der Waals surface area contributed by atoms with Crippen molar-refractivity contribution in [3.63, 3.8) is 0 Å². The van der Waals surface area contributed by atoms with E-state index in [9.17, 15) is 19.7 Å². The molecule has 0 aliphatic carbocycles. The predicted molar refractivity (Wildman–Crippen MR) is 78.6 cm³/mol. The molecule has 1 rings (SSSR count). The number of unbranched alkanes of at least 4 members (excludes halogenated alkanes) is 2. The van der Waals surface area contributed by atoms with Crippen LogP contribution in [0.25, 0.3) is 0 Å². The second-order valence-electron chi connectivity index (χ2n) is 4.23. The molecule has 0 bridgehead atoms. The van der Waals surface area contributed by atoms with Gasteiger partial charge in [-0.2, -0.15) is 5.10 Å². The van der Waals surface area contributed by atoms with Crippen LogP contribution in [-0.2, 0) is 4.74 Å². The van der Waals surface area contributed by atoms with Crippen LogP contribution in [-0.4, -0.2) is 29.9 Å². The van der Waals surface area contributed by atoms with Crippen LogP contribution in [0.4, 0.5) is 15.5 Å². The van der Waals surface area contributed by atoms with E-state index in [0.29, 0.717) is 0 Å². The minimum Gasteiger partial charge on any atom is -0.448 e. The molecule has 0 saturated carbocycles. The lowest BCUT2D eigenvalue weighted by Gasteiger charge is -2.07. The van der Waals surface area contributed by atoms with Crippen molar-refractivity contribution in [2.75, 3.05) is 6.61 Å². The summed E-state index contributed by atoms with van der Waals surface area (Å²) in [5.41, 5.74) is 6.04. The highest BCUT2D eigenvalue weighted by Gasteiger charge is 2.10. The molecular weight excluding hydrogens is 310 g/mol. The van der Waals surface area contributed by atoms with Crippen LogP contribution < -0.4 is 16.3 Å². The van der Waals surface area contributed by atoms with Crippen molar-refractivity contribution in [3.05, 3.63) is 28.0 Å². The van der Waals surface area contributed by atoms with Gasteiger partial charge in [0, 0.05) is 0 Å². The number of nitro groups is 1. The molecule has 11 heteroatoms. The highest BCUT2D eigenvalue weighted by molar-refractivity contribution is 5.80. The summed E-state index contributed by atoms with van der Waals surface area (Å²) in [6.07, 6.45) is 2.97. The maximum atomic E-state index is 11.3. The van der Waals surface area contributed by atoms with E-state index in [2.05, 4.69) is 5.10 Å². The van der Waals surface area contributed by atoms with E-state index in [4.69, 9.17) is 9.15 Å². The van der Waals surface area contributed by atoms with Gasteiger partial charge in [-0.1, -0.05) is 19.8 Å². The summed E-state index contributed by atoms with van der Waals surface area (Å²) < 4.78 is 9.56. The molecule has 23 heavy (non-hydrogen) atoms. The predicted octanol–water partition coefficient (Wildman–Crippen LogP) is 1.65. The Kier molecular flexibility index (Phi) is 7.61. The van der Waals surface area contributed by atoms with Crippen molar-refractivity contribution in [1.29, 1.82) is 0 Å². The number of hydrogen-bond acceptors (Lipinski definition) is 7. The fourth-order valence-corrected chi connectivity index (χ4v) is 1.35. The number of ether oxygens (including phenoxy) is 1. The third-order valence-corrected chi connectivity index (χ3v) is 2.41. The van der Waals surface area contributed by atoms with Gasteiger partial charge < -0.3 is 9.15 Å². The minimum atomic E-state index is -0.826. The second kappa shape index (κ2) is 9.76. The molecule has 3 N–H and O–H groups in total. The second-order valence-corrected chi connectivity index (χ2v) is 4.23. The van der Waals surface area contributed by atoms with Crippen molar-refractivity contribution in [3.8, 4) is 0 Å². The van der Waals surface area contributed by atoms with E-state index in [-0.39, 0.29) is 12.4 Å². The number of urea groups is 1. The van der Waals surface area contributed by atoms with Crippen LogP contribution in [0.15, 0.2) is 21.7 Å². The lowest BCUT2D eigenvalue weighted by Crippen LogP contribution is -2.45. The van der Waals surface area contributed by atoms with Crippen LogP contribution in [0.3, 0.4) is 0 Å². The van der Waals surface area contributed by atoms with Crippen LogP contribution in [0.5, 0.6) is 0 Å². The van der Waals surface area contributed by atoms with Gasteiger partial charge in [0.15, 0.2) is 5.76 Å². The van der Waals surface area contributed by atoms with E-state index in [0.717, 1.165) is 31.5 Å². The monoisotopic (exact) mass is 327 g/mol. The SMILES string of the molecule is CCCCCOC(=O)NNC(=O)N/N=C/c1ccc([N+](=O)[O-])o1. The summed E-state index contributed by atoms with van der Waals surface area (Å²) in [5, 5.41) is 13.9. The van der Waals surface area contributed by atoms with E-state index in [1.165, 1.54) is 6.07 Å². The molecule has 0 aliphatic rings. The molecule has 1 heterocycles. The van der Waals surface area contributed by atoms with Crippen molar-refractivity contribution < 1.29 is 23.7 Å². The Bertz CT molecular complexity index is 570. The van der Waals surface area contributed by atoms with Crippen LogP contribution in [0, 0.1) is 10.1 Å². The number of hydrazine groups is 1. The molecular formula is C12H17N5O6. The maximum absolute atomic E-state index is 11.3. The molecule has 1 aromatic heterocycles. The fourth-order valence-electron chi connectivity index (χ4n) is 1.35. The van der Waals surface area contributed by atoms with Gasteiger partial charge in [-0.25, -0.2) is 25.9 Å². The van der Waals surface area contributed by atoms with Crippen LogP contribution >= 0.6 is 0 Å². The van der Waals surface area contributed by atoms with E-state index in [1.54, 1.807) is 0 Å². The van der Waals surface area contributed by atoms with Gasteiger partial charge in [-0.15, -0.1) is 0 Å². The van der Waals surface area contributed by atoms with E-state index >= 15 is 0 Å². The smallest absolute Gasteiger partial charge is 0.433 e. The molecule has 0 fully saturated rings. The maximum Gasteiger partial charge on any atom is 0.433 e. The highest BCUT2D eigenvalue weighted by atomic mass is 16.6. The van der Waals surface area contributed by atoms with E-state index < -0.39 is 22.9 Å². The number of carbonyl (C=O) groups excluding carboxylic acids is 2. The Hall–Kier alpha value is -3.11. The molecule has 0 saturated heterocycles. The first-order chi connectivity index (χ1) is 11.0. The molecule has 3 amide bonds. The number of rotatable bonds is 7. The van der Waals surface area contributed by atoms with Crippen molar-refractivity contribution in [2.24, 2.45) is 5.10 Å². The first-order valence-electron chi connectivity index (χ1n) is 6.79. The zero-order chi connectivity index (χ0) is 17.1. The Morgan fingerprint density at radius 3 is 2.83 bits per heavy atom. The Labute approximate surface area is 131 Å². The summed E-state index contributed by atoms with van der Waals surface area (Å²) >= 11 is 0. The summed E-state index contributed by atoms with van der Waals surface area (Å²) in [6, 6.07) is 1.64. The van der Waals surface area contributed by atoms with Gasteiger partial charge in [0.05, 0.1) is 18.9 Å². The summed E-state index contributed by atoms with van der Waals surface area (Å²) in [7, 11) is 0. The summed E-state index contributed by atoms with van der Waals surface area (Å²) in [6.45, 7) is 2.28. The summed E-state index contributed by atoms with van der Waals surface area (Å²) in [4.78, 5) is 32.2. The van der Waals surface area contributed by atoms with Gasteiger partial charge in [0.1, 0.15) is 4.92 Å². The first-order valence-corrected chi connectivity index (χ1v) is 6.79.